The van der Waals surface area contributed by atoms with Crippen molar-refractivity contribution in [2.45, 2.75) is 38.3 Å². The predicted molar refractivity (Wildman–Crippen MR) is 59.1 cm³/mol. The molecule has 0 bridgehead atoms. The van der Waals surface area contributed by atoms with Crippen LogP contribution < -0.4 is 5.32 Å². The maximum Gasteiger partial charge on any atom is 0.308 e. The fourth-order valence-corrected chi connectivity index (χ4v) is 1.69. The summed E-state index contributed by atoms with van der Waals surface area (Å²) in [6, 6.07) is 0.297. The van der Waals surface area contributed by atoms with Gasteiger partial charge in [0.15, 0.2) is 0 Å². The molecule has 0 saturated carbocycles. The van der Waals surface area contributed by atoms with Crippen LogP contribution in [0.3, 0.4) is 0 Å². The summed E-state index contributed by atoms with van der Waals surface area (Å²) in [5.41, 5.74) is 0. The molecule has 2 unspecified atom stereocenters. The first-order valence-electron chi connectivity index (χ1n) is 5.87. The van der Waals surface area contributed by atoms with Crippen molar-refractivity contribution >= 4 is 5.97 Å². The van der Waals surface area contributed by atoms with Crippen LogP contribution in [-0.2, 0) is 14.3 Å². The number of nitrogens with one attached hydrogen (secondary N) is 1. The van der Waals surface area contributed by atoms with Gasteiger partial charge in [-0.25, -0.2) is 0 Å². The van der Waals surface area contributed by atoms with Gasteiger partial charge in [-0.2, -0.15) is 0 Å². The van der Waals surface area contributed by atoms with Crippen molar-refractivity contribution in [2.24, 2.45) is 0 Å². The summed E-state index contributed by atoms with van der Waals surface area (Å²) in [7, 11) is 0. The molecule has 5 heteroatoms. The second-order valence-electron chi connectivity index (χ2n) is 3.99. The molecular formula is C11H21NO4. The number of esters is 1. The highest BCUT2D eigenvalue weighted by molar-refractivity contribution is 5.69. The Labute approximate surface area is 96.1 Å². The van der Waals surface area contributed by atoms with E-state index in [-0.39, 0.29) is 12.4 Å². The molecule has 1 rings (SSSR count). The third kappa shape index (κ3) is 5.44. The number of carbonyl (C=O) groups is 1. The van der Waals surface area contributed by atoms with Crippen LogP contribution >= 0.6 is 0 Å². The van der Waals surface area contributed by atoms with Crippen molar-refractivity contribution in [3.05, 3.63) is 0 Å². The van der Waals surface area contributed by atoms with Crippen LogP contribution in [0.5, 0.6) is 0 Å². The van der Waals surface area contributed by atoms with Gasteiger partial charge in [0.2, 0.25) is 0 Å². The topological polar surface area (TPSA) is 67.8 Å². The average molecular weight is 231 g/mol. The summed E-state index contributed by atoms with van der Waals surface area (Å²) < 4.78 is 10.1. The standard InChI is InChI=1S/C11H21NO4/c1-2-16-11(14)6-10(13)7-12-9-4-3-5-15-8-9/h9-10,12-13H,2-8H2,1H3. The van der Waals surface area contributed by atoms with Crippen LogP contribution in [-0.4, -0.2) is 49.6 Å². The van der Waals surface area contributed by atoms with Gasteiger partial charge in [-0.15, -0.1) is 0 Å². The molecule has 16 heavy (non-hydrogen) atoms. The third-order valence-electron chi connectivity index (χ3n) is 2.51. The molecule has 1 aliphatic rings. The van der Waals surface area contributed by atoms with E-state index in [9.17, 15) is 9.90 Å². The molecule has 2 N–H and O–H groups in total. The van der Waals surface area contributed by atoms with Gasteiger partial charge in [0.1, 0.15) is 0 Å². The number of hydrogen-bond donors (Lipinski definition) is 2. The first-order valence-corrected chi connectivity index (χ1v) is 5.87. The highest BCUT2D eigenvalue weighted by atomic mass is 16.5. The first kappa shape index (κ1) is 13.4. The summed E-state index contributed by atoms with van der Waals surface area (Å²) >= 11 is 0. The van der Waals surface area contributed by atoms with E-state index in [1.165, 1.54) is 0 Å². The molecule has 0 aromatic carbocycles. The van der Waals surface area contributed by atoms with Gasteiger partial charge in [0, 0.05) is 19.2 Å². The van der Waals surface area contributed by atoms with Crippen molar-refractivity contribution in [1.29, 1.82) is 0 Å². The SMILES string of the molecule is CCOC(=O)CC(O)CNC1CCCOC1. The predicted octanol–water partition coefficient (Wildman–Crippen LogP) is 0.0691. The van der Waals surface area contributed by atoms with Crippen molar-refractivity contribution < 1.29 is 19.4 Å². The van der Waals surface area contributed by atoms with Crippen molar-refractivity contribution in [3.8, 4) is 0 Å². The van der Waals surface area contributed by atoms with Gasteiger partial charge in [-0.05, 0) is 19.8 Å². The minimum absolute atomic E-state index is 0.0500. The van der Waals surface area contributed by atoms with E-state index in [0.29, 0.717) is 25.8 Å². The Balaban J connectivity index is 2.08. The number of aliphatic hydroxyl groups is 1. The summed E-state index contributed by atoms with van der Waals surface area (Å²) in [5.74, 6) is -0.350. The van der Waals surface area contributed by atoms with E-state index in [1.807, 2.05) is 0 Å². The molecule has 0 radical (unpaired) electrons. The zero-order chi connectivity index (χ0) is 11.8. The van der Waals surface area contributed by atoms with Crippen LogP contribution in [0.4, 0.5) is 0 Å². The maximum atomic E-state index is 11.1. The molecule has 94 valence electrons. The Morgan fingerprint density at radius 2 is 2.50 bits per heavy atom. The van der Waals surface area contributed by atoms with Crippen LogP contribution in [0.1, 0.15) is 26.2 Å². The molecule has 0 amide bonds. The quantitative estimate of drug-likeness (QED) is 0.633. The lowest BCUT2D eigenvalue weighted by molar-refractivity contribution is -0.145. The zero-order valence-corrected chi connectivity index (χ0v) is 9.78. The molecule has 1 saturated heterocycles. The molecule has 0 aromatic heterocycles. The molecule has 2 atom stereocenters. The Morgan fingerprint density at radius 3 is 3.12 bits per heavy atom. The van der Waals surface area contributed by atoms with Gasteiger partial charge >= 0.3 is 5.97 Å². The highest BCUT2D eigenvalue weighted by Crippen LogP contribution is 2.05. The third-order valence-corrected chi connectivity index (χ3v) is 2.51. The lowest BCUT2D eigenvalue weighted by atomic mass is 10.1. The van der Waals surface area contributed by atoms with Gasteiger partial charge in [0.25, 0.3) is 0 Å². The second-order valence-corrected chi connectivity index (χ2v) is 3.99. The monoisotopic (exact) mass is 231 g/mol. The van der Waals surface area contributed by atoms with Gasteiger partial charge in [-0.3, -0.25) is 4.79 Å². The van der Waals surface area contributed by atoms with E-state index in [2.05, 4.69) is 5.32 Å². The summed E-state index contributed by atoms with van der Waals surface area (Å²) in [6.07, 6.45) is 1.48. The number of rotatable bonds is 6. The minimum atomic E-state index is -0.680. The van der Waals surface area contributed by atoms with E-state index >= 15 is 0 Å². The van der Waals surface area contributed by atoms with Crippen LogP contribution in [0.2, 0.25) is 0 Å². The van der Waals surface area contributed by atoms with Crippen LogP contribution in [0.25, 0.3) is 0 Å². The van der Waals surface area contributed by atoms with Crippen molar-refractivity contribution in [3.63, 3.8) is 0 Å². The van der Waals surface area contributed by atoms with E-state index in [4.69, 9.17) is 9.47 Å². The maximum absolute atomic E-state index is 11.1. The van der Waals surface area contributed by atoms with Gasteiger partial charge < -0.3 is 19.9 Å². The fraction of sp³-hybridized carbons (Fsp3) is 0.909. The molecule has 1 aliphatic heterocycles. The second kappa shape index (κ2) is 7.60. The lowest BCUT2D eigenvalue weighted by Crippen LogP contribution is -2.41. The summed E-state index contributed by atoms with van der Waals surface area (Å²) in [5, 5.41) is 12.8. The smallest absolute Gasteiger partial charge is 0.308 e. The Morgan fingerprint density at radius 1 is 1.69 bits per heavy atom. The fourth-order valence-electron chi connectivity index (χ4n) is 1.69. The number of ether oxygens (including phenoxy) is 2. The highest BCUT2D eigenvalue weighted by Gasteiger charge is 2.16. The number of hydrogen-bond acceptors (Lipinski definition) is 5. The van der Waals surface area contributed by atoms with E-state index < -0.39 is 6.10 Å². The Bertz CT molecular complexity index is 204. The summed E-state index contributed by atoms with van der Waals surface area (Å²) in [4.78, 5) is 11.1. The number of carbonyl (C=O) groups excluding carboxylic acids is 1. The molecule has 1 heterocycles. The molecule has 1 fully saturated rings. The zero-order valence-electron chi connectivity index (χ0n) is 9.78. The van der Waals surface area contributed by atoms with Gasteiger partial charge in [-0.1, -0.05) is 0 Å². The first-order chi connectivity index (χ1) is 7.72. The van der Waals surface area contributed by atoms with Crippen molar-refractivity contribution in [1.82, 2.24) is 5.32 Å². The van der Waals surface area contributed by atoms with Crippen LogP contribution in [0, 0.1) is 0 Å². The molecule has 0 aromatic rings. The van der Waals surface area contributed by atoms with E-state index in [0.717, 1.165) is 19.4 Å². The average Bonchev–Trinajstić information content (AvgIpc) is 2.28. The van der Waals surface area contributed by atoms with E-state index in [1.54, 1.807) is 6.92 Å². The number of aliphatic hydroxyl groups excluding tert-OH is 1. The van der Waals surface area contributed by atoms with Crippen molar-refractivity contribution in [2.75, 3.05) is 26.4 Å². The lowest BCUT2D eigenvalue weighted by Gasteiger charge is -2.24. The summed E-state index contributed by atoms with van der Waals surface area (Å²) in [6.45, 7) is 4.03. The molecule has 5 nitrogen and oxygen atoms in total. The van der Waals surface area contributed by atoms with Gasteiger partial charge in [0.05, 0.1) is 25.7 Å². The molecular weight excluding hydrogens is 210 g/mol. The normalized spacial score (nSPS) is 22.8. The van der Waals surface area contributed by atoms with Crippen LogP contribution in [0.15, 0.2) is 0 Å². The largest absolute Gasteiger partial charge is 0.466 e. The Hall–Kier alpha value is -0.650. The molecule has 0 spiro atoms. The molecule has 0 aliphatic carbocycles. The minimum Gasteiger partial charge on any atom is -0.466 e. The Kier molecular flexibility index (Phi) is 6.37.